The van der Waals surface area contributed by atoms with Crippen LogP contribution in [-0.4, -0.2) is 46.8 Å². The molecule has 2 N–H and O–H groups in total. The second-order valence-electron chi connectivity index (χ2n) is 17.3. The number of hydrogen-bond donors (Lipinski definition) is 2. The molecular weight excluding hydrogens is 652 g/mol. The first-order chi connectivity index (χ1) is 24.5. The number of carbonyl (C=O) groups is 2. The molecule has 52 heavy (non-hydrogen) atoms. The highest BCUT2D eigenvalue weighted by Gasteiger charge is 2.64. The van der Waals surface area contributed by atoms with E-state index >= 15 is 0 Å². The summed E-state index contributed by atoms with van der Waals surface area (Å²) >= 11 is 0. The van der Waals surface area contributed by atoms with Crippen LogP contribution in [0.25, 0.3) is 0 Å². The van der Waals surface area contributed by atoms with Gasteiger partial charge >= 0.3 is 11.9 Å². The van der Waals surface area contributed by atoms with Crippen LogP contribution in [-0.2, 0) is 19.1 Å². The fourth-order valence-corrected chi connectivity index (χ4v) is 9.90. The van der Waals surface area contributed by atoms with E-state index in [1.165, 1.54) is 26.3 Å². The molecule has 8 heteroatoms. The average molecular weight is 709 g/mol. The normalized spacial score (nSPS) is 32.1. The summed E-state index contributed by atoms with van der Waals surface area (Å²) in [5.41, 5.74) is 1.42. The molecule has 4 fully saturated rings. The fraction of sp³-hybridized carbons (Fsp3) is 0.545. The van der Waals surface area contributed by atoms with E-state index in [2.05, 4.69) is 41.5 Å². The number of ether oxygens (including phenoxy) is 2. The van der Waals surface area contributed by atoms with E-state index in [0.717, 1.165) is 49.7 Å². The van der Waals surface area contributed by atoms with E-state index in [1.54, 1.807) is 0 Å². The van der Waals surface area contributed by atoms with Gasteiger partial charge in [0, 0.05) is 23.3 Å². The van der Waals surface area contributed by atoms with Crippen molar-refractivity contribution in [2.45, 2.75) is 118 Å². The molecule has 0 amide bonds. The van der Waals surface area contributed by atoms with Gasteiger partial charge in [-0.2, -0.15) is 0 Å². The average Bonchev–Trinajstić information content (AvgIpc) is 3.62. The smallest absolute Gasteiger partial charge is 0.343 e. The first-order valence-electron chi connectivity index (χ1n) is 18.9. The summed E-state index contributed by atoms with van der Waals surface area (Å²) in [6.45, 7) is 16.4. The van der Waals surface area contributed by atoms with Crippen molar-refractivity contribution in [1.82, 2.24) is 0 Å². The molecule has 278 valence electrons. The number of fused-ring (bicyclic) bond motifs is 4. The van der Waals surface area contributed by atoms with Crippen LogP contribution in [0.1, 0.15) is 117 Å². The molecule has 0 unspecified atom stereocenters. The second-order valence-corrected chi connectivity index (χ2v) is 17.3. The molecule has 4 aliphatic carbocycles. The van der Waals surface area contributed by atoms with Crippen LogP contribution in [0.5, 0.6) is 0 Å². The summed E-state index contributed by atoms with van der Waals surface area (Å²) in [7, 11) is 0. The van der Waals surface area contributed by atoms with Crippen LogP contribution in [0.4, 0.5) is 0 Å². The molecule has 8 nitrogen and oxygen atoms in total. The summed E-state index contributed by atoms with van der Waals surface area (Å²) in [5, 5.41) is 21.5. The standard InChI is InChI=1S/C44H56N2O6/c1-27(47)33(39(49)51-35-23-31-19-21-43(35,7)41(31,3)4)25-45-37(29-15-11-9-12-16-29)38(30-17-13-10-14-18-30)46-26-34(28(2)48)40(50)52-36-24-32-20-22-44(36,8)42(32,5)6/h9-18,25-26,31-32,35-38,47-48H,19-24H2,1-8H3/b33-27+,34-28+,45-25?,46-26?/t31-,32-,35+,36+,37-,38-,43+,44+/m0/s1. The Morgan fingerprint density at radius 3 is 1.27 bits per heavy atom. The Bertz CT molecular complexity index is 1650. The third-order valence-corrected chi connectivity index (χ3v) is 14.5. The van der Waals surface area contributed by atoms with Crippen LogP contribution in [0, 0.1) is 33.5 Å². The molecule has 0 radical (unpaired) electrons. The third kappa shape index (κ3) is 6.40. The number of esters is 2. The number of aliphatic hydroxyl groups is 2. The SMILES string of the molecule is C/C(O)=C(/C=N[C@@H](c1ccccc1)[C@@H](N=C/C(C(=O)O[C@@H]1C[C@@H]2CC[C@@]1(C)C2(C)C)=C(/C)O)c1ccccc1)C(=O)O[C@@H]1C[C@@H]2CC[C@@]1(C)C2(C)C. The van der Waals surface area contributed by atoms with Crippen LogP contribution >= 0.6 is 0 Å². The lowest BCUT2D eigenvalue weighted by Crippen LogP contribution is -2.38. The predicted molar refractivity (Wildman–Crippen MR) is 204 cm³/mol. The van der Waals surface area contributed by atoms with Gasteiger partial charge in [0.25, 0.3) is 0 Å². The minimum Gasteiger partial charge on any atom is -0.512 e. The van der Waals surface area contributed by atoms with Gasteiger partial charge in [-0.25, -0.2) is 9.59 Å². The molecule has 0 spiro atoms. The molecule has 0 heterocycles. The number of aliphatic hydroxyl groups excluding tert-OH is 2. The summed E-state index contributed by atoms with van der Waals surface area (Å²) in [5.74, 6) is -0.609. The molecule has 0 aliphatic heterocycles. The zero-order valence-electron chi connectivity index (χ0n) is 32.1. The van der Waals surface area contributed by atoms with Gasteiger partial charge in [-0.15, -0.1) is 0 Å². The molecule has 4 saturated carbocycles. The molecule has 6 rings (SSSR count). The number of nitrogens with zero attached hydrogens (tertiary/aromatic N) is 2. The maximum Gasteiger partial charge on any atom is 0.343 e. The predicted octanol–water partition coefficient (Wildman–Crippen LogP) is 9.79. The van der Waals surface area contributed by atoms with Crippen molar-refractivity contribution in [2.75, 3.05) is 0 Å². The summed E-state index contributed by atoms with van der Waals surface area (Å²) in [4.78, 5) is 37.3. The molecule has 2 aromatic rings. The Balaban J connectivity index is 1.30. The maximum atomic E-state index is 13.7. The highest BCUT2D eigenvalue weighted by molar-refractivity contribution is 6.10. The van der Waals surface area contributed by atoms with E-state index in [9.17, 15) is 19.8 Å². The first kappa shape index (κ1) is 37.6. The number of hydrogen-bond acceptors (Lipinski definition) is 8. The molecule has 4 aliphatic rings. The van der Waals surface area contributed by atoms with Crippen molar-refractivity contribution in [1.29, 1.82) is 0 Å². The third-order valence-electron chi connectivity index (χ3n) is 14.5. The Kier molecular flexibility index (Phi) is 10.1. The minimum atomic E-state index is -0.678. The Morgan fingerprint density at radius 2 is 1.00 bits per heavy atom. The Morgan fingerprint density at radius 1 is 0.654 bits per heavy atom. The zero-order chi connectivity index (χ0) is 37.6. The van der Waals surface area contributed by atoms with Gasteiger partial charge in [0.1, 0.15) is 47.0 Å². The highest BCUT2D eigenvalue weighted by atomic mass is 16.6. The van der Waals surface area contributed by atoms with Crippen LogP contribution < -0.4 is 0 Å². The van der Waals surface area contributed by atoms with Crippen LogP contribution in [0.15, 0.2) is 93.3 Å². The van der Waals surface area contributed by atoms with Gasteiger partial charge in [0.15, 0.2) is 0 Å². The number of benzene rings is 2. The van der Waals surface area contributed by atoms with Crippen LogP contribution in [0.2, 0.25) is 0 Å². The van der Waals surface area contributed by atoms with Gasteiger partial charge in [-0.1, -0.05) is 102 Å². The van der Waals surface area contributed by atoms with Crippen molar-refractivity contribution in [3.63, 3.8) is 0 Å². The van der Waals surface area contributed by atoms with Gasteiger partial charge in [-0.3, -0.25) is 9.98 Å². The maximum absolute atomic E-state index is 13.7. The van der Waals surface area contributed by atoms with E-state index in [1.807, 2.05) is 60.7 Å². The van der Waals surface area contributed by atoms with Gasteiger partial charge in [0.05, 0.1) is 0 Å². The first-order valence-corrected chi connectivity index (χ1v) is 18.9. The molecule has 0 saturated heterocycles. The number of allylic oxidation sites excluding steroid dienone is 2. The van der Waals surface area contributed by atoms with Crippen molar-refractivity contribution >= 4 is 24.4 Å². The second kappa shape index (κ2) is 14.0. The van der Waals surface area contributed by atoms with E-state index in [0.29, 0.717) is 11.8 Å². The van der Waals surface area contributed by atoms with Crippen LogP contribution in [0.3, 0.4) is 0 Å². The van der Waals surface area contributed by atoms with Gasteiger partial charge in [0.2, 0.25) is 0 Å². The summed E-state index contributed by atoms with van der Waals surface area (Å²) < 4.78 is 12.3. The molecule has 4 bridgehead atoms. The lowest BCUT2D eigenvalue weighted by molar-refractivity contribution is -0.152. The molecular formula is C44H56N2O6. The van der Waals surface area contributed by atoms with E-state index in [-0.39, 0.29) is 56.5 Å². The number of carbonyl (C=O) groups excluding carboxylic acids is 2. The lowest BCUT2D eigenvalue weighted by Gasteiger charge is -2.38. The van der Waals surface area contributed by atoms with Crippen molar-refractivity contribution in [3.05, 3.63) is 94.5 Å². The van der Waals surface area contributed by atoms with Crippen molar-refractivity contribution < 1.29 is 29.3 Å². The molecule has 2 aromatic carbocycles. The summed E-state index contributed by atoms with van der Waals surface area (Å²) in [6, 6.07) is 17.8. The highest BCUT2D eigenvalue weighted by Crippen LogP contribution is 2.67. The Hall–Kier alpha value is -4.20. The van der Waals surface area contributed by atoms with E-state index in [4.69, 9.17) is 19.5 Å². The van der Waals surface area contributed by atoms with Crippen molar-refractivity contribution in [3.8, 4) is 0 Å². The largest absolute Gasteiger partial charge is 0.512 e. The fourth-order valence-electron chi connectivity index (χ4n) is 9.90. The quantitative estimate of drug-likeness (QED) is 0.104. The molecule has 0 aromatic heterocycles. The lowest BCUT2D eigenvalue weighted by atomic mass is 9.70. The van der Waals surface area contributed by atoms with Gasteiger partial charge in [-0.05, 0) is 86.2 Å². The van der Waals surface area contributed by atoms with E-state index < -0.39 is 24.0 Å². The topological polar surface area (TPSA) is 118 Å². The number of aliphatic imine (C=N–C) groups is 2. The van der Waals surface area contributed by atoms with Crippen molar-refractivity contribution in [2.24, 2.45) is 43.5 Å². The minimum absolute atomic E-state index is 0.0152. The Labute approximate surface area is 309 Å². The monoisotopic (exact) mass is 708 g/mol. The molecule has 8 atom stereocenters. The van der Waals surface area contributed by atoms with Gasteiger partial charge < -0.3 is 19.7 Å². The number of rotatable bonds is 11. The summed E-state index contributed by atoms with van der Waals surface area (Å²) in [6.07, 6.45) is 8.15. The zero-order valence-corrected chi connectivity index (χ0v) is 32.1.